The van der Waals surface area contributed by atoms with E-state index in [9.17, 15) is 9.90 Å². The van der Waals surface area contributed by atoms with Crippen LogP contribution >= 0.6 is 31.9 Å². The van der Waals surface area contributed by atoms with Crippen LogP contribution < -0.4 is 5.32 Å². The van der Waals surface area contributed by atoms with Crippen molar-refractivity contribution in [3.63, 3.8) is 0 Å². The molecule has 7 nitrogen and oxygen atoms in total. The molecule has 0 unspecified atom stereocenters. The number of carbonyl (C=O) groups excluding carboxylic acids is 1. The fourth-order valence-electron chi connectivity index (χ4n) is 1.12. The van der Waals surface area contributed by atoms with E-state index >= 15 is 0 Å². The fourth-order valence-corrected chi connectivity index (χ4v) is 2.35. The van der Waals surface area contributed by atoms with Crippen LogP contribution in [0.2, 0.25) is 0 Å². The van der Waals surface area contributed by atoms with E-state index in [-0.39, 0.29) is 17.3 Å². The zero-order chi connectivity index (χ0) is 12.4. The summed E-state index contributed by atoms with van der Waals surface area (Å²) in [6.45, 7) is 0. The van der Waals surface area contributed by atoms with Crippen LogP contribution in [0.5, 0.6) is 5.75 Å². The van der Waals surface area contributed by atoms with Gasteiger partial charge in [0.05, 0.1) is 10.0 Å². The smallest absolute Gasteiger partial charge is 0.270 e. The summed E-state index contributed by atoms with van der Waals surface area (Å²) in [6, 6.07) is 3.11. The highest BCUT2D eigenvalue weighted by Gasteiger charge is 2.16. The first-order chi connectivity index (χ1) is 8.08. The summed E-state index contributed by atoms with van der Waals surface area (Å²) in [5.74, 6) is -0.661. The van der Waals surface area contributed by atoms with Crippen molar-refractivity contribution < 1.29 is 9.90 Å². The van der Waals surface area contributed by atoms with Crippen LogP contribution in [0.3, 0.4) is 0 Å². The minimum absolute atomic E-state index is 0.0329. The van der Waals surface area contributed by atoms with Gasteiger partial charge in [0, 0.05) is 4.47 Å². The molecule has 9 heteroatoms. The number of H-pyrrole nitrogens is 1. The number of nitrogens with zero attached hydrogens (tertiary/aromatic N) is 3. The van der Waals surface area contributed by atoms with Gasteiger partial charge in [0.1, 0.15) is 5.75 Å². The Morgan fingerprint density at radius 1 is 1.41 bits per heavy atom. The number of phenolic OH excluding ortho intramolecular Hbond substituents is 1. The van der Waals surface area contributed by atoms with Crippen LogP contribution in [0, 0.1) is 0 Å². The second kappa shape index (κ2) is 4.80. The van der Waals surface area contributed by atoms with Gasteiger partial charge in [-0.05, 0) is 33.3 Å². The molecular weight excluding hydrogens is 358 g/mol. The lowest BCUT2D eigenvalue weighted by Gasteiger charge is -2.06. The Morgan fingerprint density at radius 2 is 2.18 bits per heavy atom. The predicted molar refractivity (Wildman–Crippen MR) is 65.6 cm³/mol. The van der Waals surface area contributed by atoms with Crippen LogP contribution in [-0.2, 0) is 0 Å². The van der Waals surface area contributed by atoms with Gasteiger partial charge in [0.2, 0.25) is 0 Å². The van der Waals surface area contributed by atoms with E-state index < -0.39 is 5.91 Å². The summed E-state index contributed by atoms with van der Waals surface area (Å²) >= 11 is 6.36. The van der Waals surface area contributed by atoms with E-state index in [1.54, 1.807) is 6.07 Å². The largest absolute Gasteiger partial charge is 0.506 e. The lowest BCUT2D eigenvalue weighted by Crippen LogP contribution is -2.13. The third-order valence-corrected chi connectivity index (χ3v) is 2.91. The molecule has 1 aromatic heterocycles. The summed E-state index contributed by atoms with van der Waals surface area (Å²) in [7, 11) is 0. The molecule has 0 saturated carbocycles. The average molecular weight is 363 g/mol. The molecule has 0 fully saturated rings. The topological polar surface area (TPSA) is 104 Å². The minimum Gasteiger partial charge on any atom is -0.506 e. The normalized spacial score (nSPS) is 10.2. The number of aromatic nitrogens is 4. The van der Waals surface area contributed by atoms with Crippen molar-refractivity contribution in [1.82, 2.24) is 20.6 Å². The number of halogens is 2. The first-order valence-electron chi connectivity index (χ1n) is 4.30. The molecule has 0 atom stereocenters. The van der Waals surface area contributed by atoms with Gasteiger partial charge in [-0.1, -0.05) is 21.0 Å². The number of aromatic hydroxyl groups is 1. The number of anilines is 1. The number of rotatable bonds is 2. The van der Waals surface area contributed by atoms with Crippen molar-refractivity contribution in [3.05, 3.63) is 26.6 Å². The summed E-state index contributed by atoms with van der Waals surface area (Å²) in [6.07, 6.45) is 0. The summed E-state index contributed by atoms with van der Waals surface area (Å²) in [4.78, 5) is 11.8. The molecule has 0 spiro atoms. The molecule has 17 heavy (non-hydrogen) atoms. The number of aromatic amines is 1. The number of phenols is 1. The maximum Gasteiger partial charge on any atom is 0.270 e. The van der Waals surface area contributed by atoms with Gasteiger partial charge < -0.3 is 5.11 Å². The zero-order valence-electron chi connectivity index (χ0n) is 8.11. The highest BCUT2D eigenvalue weighted by Crippen LogP contribution is 2.31. The molecule has 0 aliphatic rings. The van der Waals surface area contributed by atoms with Gasteiger partial charge in [-0.25, -0.2) is 0 Å². The van der Waals surface area contributed by atoms with Crippen LogP contribution in [-0.4, -0.2) is 31.6 Å². The lowest BCUT2D eigenvalue weighted by molar-refractivity contribution is 0.102. The zero-order valence-corrected chi connectivity index (χ0v) is 11.3. The van der Waals surface area contributed by atoms with E-state index in [0.29, 0.717) is 8.95 Å². The van der Waals surface area contributed by atoms with Gasteiger partial charge in [0.25, 0.3) is 11.9 Å². The quantitative estimate of drug-likeness (QED) is 0.754. The highest BCUT2D eigenvalue weighted by molar-refractivity contribution is 9.11. The summed E-state index contributed by atoms with van der Waals surface area (Å²) in [5.41, 5.74) is 0.0936. The van der Waals surface area contributed by atoms with Crippen LogP contribution in [0.25, 0.3) is 0 Å². The number of hydrogen-bond acceptors (Lipinski definition) is 5. The second-order valence-corrected chi connectivity index (χ2v) is 4.74. The first-order valence-corrected chi connectivity index (χ1v) is 5.89. The first kappa shape index (κ1) is 12.0. The number of carbonyl (C=O) groups is 1. The third-order valence-electron chi connectivity index (χ3n) is 1.84. The molecule has 88 valence electrons. The van der Waals surface area contributed by atoms with Crippen molar-refractivity contribution in [1.29, 1.82) is 0 Å². The van der Waals surface area contributed by atoms with Gasteiger partial charge in [0.15, 0.2) is 0 Å². The van der Waals surface area contributed by atoms with Crippen LogP contribution in [0.15, 0.2) is 21.1 Å². The fraction of sp³-hybridized carbons (Fsp3) is 0. The number of nitrogens with one attached hydrogen (secondary N) is 2. The van der Waals surface area contributed by atoms with E-state index in [1.807, 2.05) is 0 Å². The Kier molecular flexibility index (Phi) is 3.38. The van der Waals surface area contributed by atoms with Crippen molar-refractivity contribution in [2.24, 2.45) is 0 Å². The van der Waals surface area contributed by atoms with Gasteiger partial charge in [-0.3, -0.25) is 10.1 Å². The Morgan fingerprint density at radius 3 is 2.82 bits per heavy atom. The van der Waals surface area contributed by atoms with E-state index in [0.717, 1.165) is 0 Å². The van der Waals surface area contributed by atoms with Gasteiger partial charge in [-0.2, -0.15) is 5.21 Å². The molecular formula is C8H5Br2N5O2. The Bertz CT molecular complexity index is 557. The van der Waals surface area contributed by atoms with Gasteiger partial charge in [-0.15, -0.1) is 5.10 Å². The standard InChI is InChI=1S/C8H5Br2N5O2/c9-3-1-4(6(16)5(10)2-3)7(17)11-8-12-14-15-13-8/h1-2,16H,(H2,11,12,13,14,15,17). The van der Waals surface area contributed by atoms with Crippen molar-refractivity contribution in [3.8, 4) is 5.75 Å². The molecule has 0 aliphatic carbocycles. The molecule has 0 radical (unpaired) electrons. The van der Waals surface area contributed by atoms with E-state index in [4.69, 9.17) is 0 Å². The van der Waals surface area contributed by atoms with Crippen LogP contribution in [0.1, 0.15) is 10.4 Å². The summed E-state index contributed by atoms with van der Waals surface area (Å²) in [5, 5.41) is 24.7. The maximum atomic E-state index is 11.8. The molecule has 1 aromatic carbocycles. The molecule has 2 aromatic rings. The Balaban J connectivity index is 2.31. The average Bonchev–Trinajstić information content (AvgIpc) is 2.76. The molecule has 1 amide bonds. The second-order valence-electron chi connectivity index (χ2n) is 2.97. The van der Waals surface area contributed by atoms with Crippen molar-refractivity contribution >= 4 is 43.7 Å². The number of benzene rings is 1. The monoisotopic (exact) mass is 361 g/mol. The Labute approximate surface area is 112 Å². The number of amides is 1. The molecule has 0 bridgehead atoms. The van der Waals surface area contributed by atoms with Crippen molar-refractivity contribution in [2.45, 2.75) is 0 Å². The van der Waals surface area contributed by atoms with E-state index in [1.165, 1.54) is 6.07 Å². The third kappa shape index (κ3) is 2.61. The molecule has 3 N–H and O–H groups in total. The molecule has 2 rings (SSSR count). The maximum absolute atomic E-state index is 11.8. The predicted octanol–water partition coefficient (Wildman–Crippen LogP) is 1.68. The van der Waals surface area contributed by atoms with Crippen molar-refractivity contribution in [2.75, 3.05) is 5.32 Å². The van der Waals surface area contributed by atoms with Gasteiger partial charge >= 0.3 is 0 Å². The van der Waals surface area contributed by atoms with Crippen LogP contribution in [0.4, 0.5) is 5.95 Å². The van der Waals surface area contributed by atoms with E-state index in [2.05, 4.69) is 57.8 Å². The lowest BCUT2D eigenvalue weighted by atomic mass is 10.2. The number of tetrazole rings is 1. The highest BCUT2D eigenvalue weighted by atomic mass is 79.9. The molecule has 1 heterocycles. The molecule has 0 aliphatic heterocycles. The summed E-state index contributed by atoms with van der Waals surface area (Å²) < 4.78 is 1.06. The number of hydrogen-bond donors (Lipinski definition) is 3. The SMILES string of the molecule is O=C(Nc1nn[nH]n1)c1cc(Br)cc(Br)c1O. The minimum atomic E-state index is -0.536. The Hall–Kier alpha value is -1.48. The molecule has 0 saturated heterocycles.